The van der Waals surface area contributed by atoms with Crippen LogP contribution < -0.4 is 10.2 Å². The summed E-state index contributed by atoms with van der Waals surface area (Å²) in [5.41, 5.74) is 0. The van der Waals surface area contributed by atoms with E-state index in [0.717, 1.165) is 37.0 Å². The van der Waals surface area contributed by atoms with E-state index in [0.29, 0.717) is 12.6 Å². The van der Waals surface area contributed by atoms with Gasteiger partial charge in [-0.1, -0.05) is 6.92 Å². The molecule has 0 spiro atoms. The molecule has 0 amide bonds. The summed E-state index contributed by atoms with van der Waals surface area (Å²) in [5, 5.41) is 3.32. The van der Waals surface area contributed by atoms with Gasteiger partial charge in [0.05, 0.1) is 12.6 Å². The number of hydrogen-bond acceptors (Lipinski definition) is 5. The molecule has 1 aromatic rings. The van der Waals surface area contributed by atoms with Crippen LogP contribution in [-0.4, -0.2) is 42.8 Å². The first-order valence-corrected chi connectivity index (χ1v) is 6.97. The van der Waals surface area contributed by atoms with E-state index in [-0.39, 0.29) is 0 Å². The lowest BCUT2D eigenvalue weighted by Crippen LogP contribution is -2.37. The molecule has 1 unspecified atom stereocenters. The predicted octanol–water partition coefficient (Wildman–Crippen LogP) is 2.47. The van der Waals surface area contributed by atoms with Gasteiger partial charge in [0, 0.05) is 26.3 Å². The van der Waals surface area contributed by atoms with Crippen molar-refractivity contribution >= 4 is 11.6 Å². The Morgan fingerprint density at radius 3 is 2.68 bits per heavy atom. The molecule has 0 aliphatic carbocycles. The fourth-order valence-corrected chi connectivity index (χ4v) is 2.07. The van der Waals surface area contributed by atoms with Crippen LogP contribution in [-0.2, 0) is 4.74 Å². The average molecular weight is 266 g/mol. The molecule has 0 aliphatic heterocycles. The van der Waals surface area contributed by atoms with Gasteiger partial charge in [0.1, 0.15) is 17.5 Å². The highest BCUT2D eigenvalue weighted by Crippen LogP contribution is 2.18. The fourth-order valence-electron chi connectivity index (χ4n) is 2.07. The summed E-state index contributed by atoms with van der Waals surface area (Å²) < 4.78 is 5.23. The van der Waals surface area contributed by atoms with Crippen molar-refractivity contribution in [2.45, 2.75) is 40.2 Å². The molecular weight excluding hydrogens is 240 g/mol. The Balaban J connectivity index is 2.92. The van der Waals surface area contributed by atoms with E-state index < -0.39 is 0 Å². The van der Waals surface area contributed by atoms with Crippen molar-refractivity contribution in [3.05, 3.63) is 11.9 Å². The smallest absolute Gasteiger partial charge is 0.134 e. The van der Waals surface area contributed by atoms with E-state index >= 15 is 0 Å². The molecule has 19 heavy (non-hydrogen) atoms. The predicted molar refractivity (Wildman–Crippen MR) is 79.9 cm³/mol. The number of nitrogens with one attached hydrogen (secondary N) is 1. The number of methoxy groups -OCH3 is 1. The second-order valence-corrected chi connectivity index (χ2v) is 4.68. The zero-order valence-electron chi connectivity index (χ0n) is 12.7. The molecule has 0 bridgehead atoms. The molecule has 1 N–H and O–H groups in total. The molecule has 1 rings (SSSR count). The van der Waals surface area contributed by atoms with Crippen LogP contribution in [0.25, 0.3) is 0 Å². The Hall–Kier alpha value is -1.36. The summed E-state index contributed by atoms with van der Waals surface area (Å²) in [6.45, 7) is 10.8. The van der Waals surface area contributed by atoms with E-state index in [2.05, 4.69) is 41.0 Å². The Bertz CT molecular complexity index is 384. The molecule has 108 valence electrons. The largest absolute Gasteiger partial charge is 0.383 e. The van der Waals surface area contributed by atoms with Crippen molar-refractivity contribution in [2.75, 3.05) is 37.0 Å². The average Bonchev–Trinajstić information content (AvgIpc) is 2.37. The number of ether oxygens (including phenoxy) is 1. The maximum absolute atomic E-state index is 5.23. The second-order valence-electron chi connectivity index (χ2n) is 4.68. The highest BCUT2D eigenvalue weighted by atomic mass is 16.5. The number of hydrogen-bond donors (Lipinski definition) is 1. The van der Waals surface area contributed by atoms with Gasteiger partial charge >= 0.3 is 0 Å². The molecule has 5 heteroatoms. The van der Waals surface area contributed by atoms with E-state index in [1.165, 1.54) is 0 Å². The molecule has 0 saturated carbocycles. The van der Waals surface area contributed by atoms with Crippen molar-refractivity contribution in [1.82, 2.24) is 9.97 Å². The van der Waals surface area contributed by atoms with Gasteiger partial charge in [0.15, 0.2) is 0 Å². The lowest BCUT2D eigenvalue weighted by molar-refractivity contribution is 0.181. The van der Waals surface area contributed by atoms with Crippen molar-refractivity contribution in [3.63, 3.8) is 0 Å². The summed E-state index contributed by atoms with van der Waals surface area (Å²) in [6, 6.07) is 2.31. The van der Waals surface area contributed by atoms with Crippen LogP contribution in [0.5, 0.6) is 0 Å². The number of nitrogens with zero attached hydrogens (tertiary/aromatic N) is 3. The van der Waals surface area contributed by atoms with Crippen LogP contribution in [0.1, 0.15) is 33.0 Å². The molecule has 0 aliphatic rings. The minimum atomic E-state index is 0.295. The van der Waals surface area contributed by atoms with Crippen LogP contribution in [0.4, 0.5) is 11.6 Å². The molecule has 5 nitrogen and oxygen atoms in total. The highest BCUT2D eigenvalue weighted by Gasteiger charge is 2.15. The normalized spacial score (nSPS) is 12.3. The summed E-state index contributed by atoms with van der Waals surface area (Å²) in [4.78, 5) is 11.2. The van der Waals surface area contributed by atoms with Gasteiger partial charge in [-0.2, -0.15) is 0 Å². The topological polar surface area (TPSA) is 50.3 Å². The summed E-state index contributed by atoms with van der Waals surface area (Å²) in [5.74, 6) is 2.64. The number of aryl methyl sites for hydroxylation is 1. The fraction of sp³-hybridized carbons (Fsp3) is 0.714. The number of rotatable bonds is 8. The Morgan fingerprint density at radius 2 is 2.11 bits per heavy atom. The van der Waals surface area contributed by atoms with Crippen LogP contribution >= 0.6 is 0 Å². The molecule has 1 aromatic heterocycles. The third-order valence-corrected chi connectivity index (χ3v) is 2.96. The maximum Gasteiger partial charge on any atom is 0.134 e. The summed E-state index contributed by atoms with van der Waals surface area (Å²) in [7, 11) is 1.73. The van der Waals surface area contributed by atoms with Gasteiger partial charge in [-0.05, 0) is 27.2 Å². The number of likely N-dealkylation sites (N-methyl/N-ethyl adjacent to an activating group) is 1. The van der Waals surface area contributed by atoms with Gasteiger partial charge in [0.2, 0.25) is 0 Å². The molecule has 1 atom stereocenters. The number of anilines is 2. The van der Waals surface area contributed by atoms with Crippen molar-refractivity contribution in [2.24, 2.45) is 0 Å². The van der Waals surface area contributed by atoms with E-state index in [1.807, 2.05) is 13.0 Å². The molecule has 0 radical (unpaired) electrons. The quantitative estimate of drug-likeness (QED) is 0.783. The van der Waals surface area contributed by atoms with Crippen LogP contribution in [0.3, 0.4) is 0 Å². The van der Waals surface area contributed by atoms with Crippen LogP contribution in [0, 0.1) is 6.92 Å². The van der Waals surface area contributed by atoms with Gasteiger partial charge in [0.25, 0.3) is 0 Å². The molecule has 0 aromatic carbocycles. The standard InChI is InChI=1S/C14H26N4O/c1-6-8-15-13-9-14(17-12(4)16-13)18(7-2)11(3)10-19-5/h9,11H,6-8,10H2,1-5H3,(H,15,16,17). The summed E-state index contributed by atoms with van der Waals surface area (Å²) >= 11 is 0. The Morgan fingerprint density at radius 1 is 1.37 bits per heavy atom. The lowest BCUT2D eigenvalue weighted by Gasteiger charge is -2.29. The second kappa shape index (κ2) is 7.94. The van der Waals surface area contributed by atoms with Crippen molar-refractivity contribution < 1.29 is 4.74 Å². The zero-order valence-corrected chi connectivity index (χ0v) is 12.7. The Kier molecular flexibility index (Phi) is 6.56. The zero-order chi connectivity index (χ0) is 14.3. The monoisotopic (exact) mass is 266 g/mol. The highest BCUT2D eigenvalue weighted by molar-refractivity contribution is 5.50. The van der Waals surface area contributed by atoms with E-state index in [1.54, 1.807) is 7.11 Å². The van der Waals surface area contributed by atoms with Gasteiger partial charge in [-0.25, -0.2) is 9.97 Å². The minimum absolute atomic E-state index is 0.295. The van der Waals surface area contributed by atoms with Crippen LogP contribution in [0.2, 0.25) is 0 Å². The SMILES string of the molecule is CCCNc1cc(N(CC)C(C)COC)nc(C)n1. The molecule has 0 fully saturated rings. The first-order valence-electron chi connectivity index (χ1n) is 6.97. The van der Waals surface area contributed by atoms with Gasteiger partial charge < -0.3 is 15.0 Å². The number of aromatic nitrogens is 2. The van der Waals surface area contributed by atoms with E-state index in [4.69, 9.17) is 4.74 Å². The first kappa shape index (κ1) is 15.7. The first-order chi connectivity index (χ1) is 9.12. The Labute approximate surface area is 116 Å². The van der Waals surface area contributed by atoms with Gasteiger partial charge in [-0.3, -0.25) is 0 Å². The van der Waals surface area contributed by atoms with Crippen molar-refractivity contribution in [1.29, 1.82) is 0 Å². The lowest BCUT2D eigenvalue weighted by atomic mass is 10.3. The molecular formula is C14H26N4O. The third-order valence-electron chi connectivity index (χ3n) is 2.96. The van der Waals surface area contributed by atoms with E-state index in [9.17, 15) is 0 Å². The van der Waals surface area contributed by atoms with Crippen molar-refractivity contribution in [3.8, 4) is 0 Å². The third kappa shape index (κ3) is 4.67. The minimum Gasteiger partial charge on any atom is -0.383 e. The van der Waals surface area contributed by atoms with Crippen LogP contribution in [0.15, 0.2) is 6.07 Å². The summed E-state index contributed by atoms with van der Waals surface area (Å²) in [6.07, 6.45) is 1.08. The molecule has 1 heterocycles. The van der Waals surface area contributed by atoms with Gasteiger partial charge in [-0.15, -0.1) is 0 Å². The molecule has 0 saturated heterocycles. The maximum atomic E-state index is 5.23.